The van der Waals surface area contributed by atoms with Gasteiger partial charge in [0, 0.05) is 36.6 Å². The smallest absolute Gasteiger partial charge is 0.416 e. The van der Waals surface area contributed by atoms with Gasteiger partial charge < -0.3 is 35.6 Å². The molecule has 4 N–H and O–H groups in total. The Bertz CT molecular complexity index is 1470. The summed E-state index contributed by atoms with van der Waals surface area (Å²) >= 11 is 0. The third-order valence-corrected chi connectivity index (χ3v) is 7.22. The number of halogens is 3. The average Bonchev–Trinajstić information content (AvgIpc) is 2.99. The van der Waals surface area contributed by atoms with Crippen LogP contribution in [-0.2, 0) is 6.18 Å². The number of fused-ring (bicyclic) bond motifs is 1. The van der Waals surface area contributed by atoms with Crippen molar-refractivity contribution in [3.8, 4) is 5.75 Å². The van der Waals surface area contributed by atoms with Crippen molar-refractivity contribution in [2.45, 2.75) is 32.2 Å². The van der Waals surface area contributed by atoms with Crippen molar-refractivity contribution in [2.24, 2.45) is 5.92 Å². The Kier molecular flexibility index (Phi) is 9.99. The minimum absolute atomic E-state index is 0.0715. The molecule has 0 saturated heterocycles. The number of para-hydroxylation sites is 1. The minimum Gasteiger partial charge on any atom is -0.487 e. The number of urea groups is 2. The number of nitrogens with zero attached hydrogens (tertiary/aromatic N) is 2. The van der Waals surface area contributed by atoms with Gasteiger partial charge in [-0.3, -0.25) is 4.79 Å². The zero-order valence-corrected chi connectivity index (χ0v) is 24.4. The molecule has 0 saturated carbocycles. The van der Waals surface area contributed by atoms with E-state index in [0.29, 0.717) is 11.4 Å². The van der Waals surface area contributed by atoms with Crippen LogP contribution in [-0.4, -0.2) is 71.8 Å². The van der Waals surface area contributed by atoms with Crippen molar-refractivity contribution in [3.63, 3.8) is 0 Å². The molecule has 0 aromatic heterocycles. The van der Waals surface area contributed by atoms with E-state index in [1.807, 2.05) is 13.0 Å². The van der Waals surface area contributed by atoms with Crippen LogP contribution in [0.2, 0.25) is 0 Å². The molecule has 44 heavy (non-hydrogen) atoms. The van der Waals surface area contributed by atoms with E-state index in [0.717, 1.165) is 12.1 Å². The highest BCUT2D eigenvalue weighted by Gasteiger charge is 2.34. The van der Waals surface area contributed by atoms with Gasteiger partial charge in [0.05, 0.1) is 30.3 Å². The number of alkyl halides is 3. The maximum Gasteiger partial charge on any atom is 0.416 e. The van der Waals surface area contributed by atoms with E-state index >= 15 is 0 Å². The summed E-state index contributed by atoms with van der Waals surface area (Å²) in [6.07, 6.45) is -5.10. The third-order valence-electron chi connectivity index (χ3n) is 7.22. The van der Waals surface area contributed by atoms with E-state index in [9.17, 15) is 32.7 Å². The summed E-state index contributed by atoms with van der Waals surface area (Å²) in [6, 6.07) is 16.0. The fourth-order valence-corrected chi connectivity index (χ4v) is 4.65. The quantitative estimate of drug-likeness (QED) is 0.271. The minimum atomic E-state index is -4.49. The molecule has 4 rings (SSSR count). The van der Waals surface area contributed by atoms with E-state index < -0.39 is 41.9 Å². The molecule has 3 atom stereocenters. The van der Waals surface area contributed by atoms with Gasteiger partial charge >= 0.3 is 18.2 Å². The van der Waals surface area contributed by atoms with E-state index in [-0.39, 0.29) is 42.6 Å². The fraction of sp³-hybridized carbons (Fsp3) is 0.323. The highest BCUT2D eigenvalue weighted by atomic mass is 19.4. The van der Waals surface area contributed by atoms with Crippen LogP contribution >= 0.6 is 0 Å². The van der Waals surface area contributed by atoms with Crippen LogP contribution in [0.25, 0.3) is 0 Å². The van der Waals surface area contributed by atoms with Crippen LogP contribution in [0.4, 0.5) is 39.8 Å². The number of carbonyl (C=O) groups is 3. The number of hydrogen-bond acceptors (Lipinski definition) is 5. The predicted molar refractivity (Wildman–Crippen MR) is 160 cm³/mol. The predicted octanol–water partition coefficient (Wildman–Crippen LogP) is 5.73. The zero-order valence-electron chi connectivity index (χ0n) is 24.4. The molecular weight excluding hydrogens is 579 g/mol. The van der Waals surface area contributed by atoms with Gasteiger partial charge in [-0.15, -0.1) is 0 Å². The molecule has 1 heterocycles. The normalized spacial score (nSPS) is 17.3. The van der Waals surface area contributed by atoms with Crippen LogP contribution in [0.5, 0.6) is 5.75 Å². The molecule has 1 aliphatic heterocycles. The Balaban J connectivity index is 1.52. The number of benzene rings is 3. The van der Waals surface area contributed by atoms with Gasteiger partial charge in [-0.2, -0.15) is 13.2 Å². The van der Waals surface area contributed by atoms with Crippen LogP contribution < -0.4 is 20.7 Å². The number of hydrogen-bond donors (Lipinski definition) is 4. The van der Waals surface area contributed by atoms with E-state index in [1.54, 1.807) is 43.3 Å². The van der Waals surface area contributed by atoms with E-state index in [4.69, 9.17) is 4.74 Å². The molecule has 1 aliphatic rings. The lowest BCUT2D eigenvalue weighted by atomic mass is 9.99. The third kappa shape index (κ3) is 7.98. The van der Waals surface area contributed by atoms with Crippen molar-refractivity contribution in [1.82, 2.24) is 9.80 Å². The maximum absolute atomic E-state index is 13.7. The summed E-state index contributed by atoms with van der Waals surface area (Å²) in [4.78, 5) is 42.0. The lowest BCUT2D eigenvalue weighted by Crippen LogP contribution is -2.50. The molecule has 13 heteroatoms. The van der Waals surface area contributed by atoms with Crippen LogP contribution in [0.3, 0.4) is 0 Å². The van der Waals surface area contributed by atoms with Gasteiger partial charge in [-0.05, 0) is 61.5 Å². The molecular formula is C31H34F3N5O5. The average molecular weight is 614 g/mol. The van der Waals surface area contributed by atoms with E-state index in [1.165, 1.54) is 35.0 Å². The highest BCUT2D eigenvalue weighted by molar-refractivity contribution is 6.02. The number of aliphatic hydroxyl groups excluding tert-OH is 1. The van der Waals surface area contributed by atoms with Gasteiger partial charge in [0.2, 0.25) is 0 Å². The summed E-state index contributed by atoms with van der Waals surface area (Å²) in [5.41, 5.74) is 0.449. The lowest BCUT2D eigenvalue weighted by Gasteiger charge is -2.38. The largest absolute Gasteiger partial charge is 0.487 e. The fourth-order valence-electron chi connectivity index (χ4n) is 4.65. The second-order valence-corrected chi connectivity index (χ2v) is 10.7. The van der Waals surface area contributed by atoms with Crippen molar-refractivity contribution in [3.05, 3.63) is 83.9 Å². The molecule has 3 aromatic rings. The van der Waals surface area contributed by atoms with Crippen molar-refractivity contribution in [1.29, 1.82) is 0 Å². The number of anilines is 3. The maximum atomic E-state index is 13.7. The van der Waals surface area contributed by atoms with Crippen molar-refractivity contribution < 1.29 is 37.4 Å². The summed E-state index contributed by atoms with van der Waals surface area (Å²) in [7, 11) is 1.52. The molecule has 0 aliphatic carbocycles. The van der Waals surface area contributed by atoms with Crippen molar-refractivity contribution in [2.75, 3.05) is 42.7 Å². The second-order valence-electron chi connectivity index (χ2n) is 10.7. The van der Waals surface area contributed by atoms with Gasteiger partial charge in [0.15, 0.2) is 0 Å². The Morgan fingerprint density at radius 2 is 1.61 bits per heavy atom. The Hall–Kier alpha value is -4.78. The van der Waals surface area contributed by atoms with Gasteiger partial charge in [-0.25, -0.2) is 9.59 Å². The first-order chi connectivity index (χ1) is 20.8. The van der Waals surface area contributed by atoms with Crippen LogP contribution in [0.1, 0.15) is 29.8 Å². The zero-order chi connectivity index (χ0) is 32.0. The highest BCUT2D eigenvalue weighted by Crippen LogP contribution is 2.32. The first-order valence-corrected chi connectivity index (χ1v) is 13.9. The Morgan fingerprint density at radius 1 is 1.00 bits per heavy atom. The molecule has 0 radical (unpaired) electrons. The summed E-state index contributed by atoms with van der Waals surface area (Å²) in [5, 5.41) is 17.9. The molecule has 0 spiro atoms. The topological polar surface area (TPSA) is 123 Å². The van der Waals surface area contributed by atoms with E-state index in [2.05, 4.69) is 16.0 Å². The van der Waals surface area contributed by atoms with Gasteiger partial charge in [0.1, 0.15) is 11.9 Å². The molecule has 0 unspecified atom stereocenters. The second kappa shape index (κ2) is 13.7. The summed E-state index contributed by atoms with van der Waals surface area (Å²) in [5.74, 6) is -0.462. The van der Waals surface area contributed by atoms with Gasteiger partial charge in [-0.1, -0.05) is 25.1 Å². The number of likely N-dealkylation sites (N-methyl/N-ethyl adjacent to an activating group) is 1. The standard InChI is InChI=1S/C31H34F3N5O5/c1-19-16-39(20(2)18-40)28(41)25-15-24(36-29(42)35-22-7-5-4-6-8-22)13-14-26(25)44-27(19)17-38(3)30(43)37-23-11-9-21(10-12-23)31(32,33)34/h4-15,19-20,27,40H,16-18H2,1-3H3,(H,37,43)(H2,35,36,42)/t19-,20-,27+/m1/s1. The molecule has 0 bridgehead atoms. The number of carbonyl (C=O) groups excluding carboxylic acids is 3. The Morgan fingerprint density at radius 3 is 2.25 bits per heavy atom. The number of rotatable bonds is 7. The van der Waals surface area contributed by atoms with Gasteiger partial charge in [0.25, 0.3) is 5.91 Å². The number of aliphatic hydroxyl groups is 1. The number of nitrogens with one attached hydrogen (secondary N) is 3. The lowest BCUT2D eigenvalue weighted by molar-refractivity contribution is -0.137. The molecule has 234 valence electrons. The molecule has 10 nitrogen and oxygen atoms in total. The number of ether oxygens (including phenoxy) is 1. The molecule has 5 amide bonds. The van der Waals surface area contributed by atoms with Crippen LogP contribution in [0, 0.1) is 5.92 Å². The molecule has 3 aromatic carbocycles. The monoisotopic (exact) mass is 613 g/mol. The SMILES string of the molecule is C[C@@H]1CN([C@H](C)CO)C(=O)c2cc(NC(=O)Nc3ccccc3)ccc2O[C@H]1CN(C)C(=O)Nc1ccc(C(F)(F)F)cc1. The Labute approximate surface area is 252 Å². The van der Waals surface area contributed by atoms with Crippen molar-refractivity contribution >= 4 is 35.0 Å². The number of amides is 5. The first-order valence-electron chi connectivity index (χ1n) is 13.9. The first kappa shape index (κ1) is 32.1. The van der Waals surface area contributed by atoms with Crippen LogP contribution in [0.15, 0.2) is 72.8 Å². The summed E-state index contributed by atoms with van der Waals surface area (Å²) < 4.78 is 44.9. The molecule has 0 fully saturated rings. The summed E-state index contributed by atoms with van der Waals surface area (Å²) in [6.45, 7) is 3.55.